The van der Waals surface area contributed by atoms with E-state index in [-0.39, 0.29) is 21.8 Å². The number of alkyl halides is 3. The lowest BCUT2D eigenvalue weighted by Gasteiger charge is -2.32. The van der Waals surface area contributed by atoms with E-state index >= 15 is 0 Å². The van der Waals surface area contributed by atoms with Crippen LogP contribution >= 0.6 is 0 Å². The SMILES string of the molecule is COc1cc(OC)n2nc(NS(=O)(=O)N3C(C(F)(F)F)=CC=NC3OC)nc2n1. The third kappa shape index (κ3) is 3.88. The molecule has 0 saturated carbocycles. The van der Waals surface area contributed by atoms with Crippen molar-refractivity contribution in [3.05, 3.63) is 17.8 Å². The largest absolute Gasteiger partial charge is 0.481 e. The van der Waals surface area contributed by atoms with E-state index < -0.39 is 34.4 Å². The van der Waals surface area contributed by atoms with E-state index in [1.165, 1.54) is 20.3 Å². The van der Waals surface area contributed by atoms with Crippen molar-refractivity contribution in [3.8, 4) is 11.8 Å². The Balaban J connectivity index is 2.02. The number of aliphatic imine (C=N–C) groups is 1. The number of hydrogen-bond acceptors (Lipinski definition) is 9. The normalized spacial score (nSPS) is 17.4. The lowest BCUT2D eigenvalue weighted by atomic mass is 10.3. The Morgan fingerprint density at radius 1 is 1.17 bits per heavy atom. The number of fused-ring (bicyclic) bond motifs is 1. The van der Waals surface area contributed by atoms with Gasteiger partial charge in [-0.05, 0) is 6.08 Å². The van der Waals surface area contributed by atoms with Crippen LogP contribution < -0.4 is 14.2 Å². The lowest BCUT2D eigenvalue weighted by Crippen LogP contribution is -2.48. The summed E-state index contributed by atoms with van der Waals surface area (Å²) in [5.41, 5.74) is -1.51. The molecule has 1 aliphatic rings. The van der Waals surface area contributed by atoms with Crippen LogP contribution in [0.2, 0.25) is 0 Å². The standard InChI is InChI=1S/C13H14F3N7O5S/c1-26-8-6-9(27-2)22-11(18-8)19-10(20-22)21-29(24,25)23-7(13(14,15)16)4-5-17-12(23)28-3/h4-6,12H,1-3H3,(H,20,21). The maximum atomic E-state index is 13.3. The van der Waals surface area contributed by atoms with E-state index in [4.69, 9.17) is 14.2 Å². The third-order valence-electron chi connectivity index (χ3n) is 3.54. The van der Waals surface area contributed by atoms with E-state index in [2.05, 4.69) is 20.1 Å². The van der Waals surface area contributed by atoms with E-state index in [0.29, 0.717) is 6.08 Å². The first-order valence-electron chi connectivity index (χ1n) is 7.62. The van der Waals surface area contributed by atoms with Gasteiger partial charge in [0.2, 0.25) is 18.1 Å². The number of nitrogens with one attached hydrogen (secondary N) is 1. The fourth-order valence-corrected chi connectivity index (χ4v) is 3.56. The first-order valence-corrected chi connectivity index (χ1v) is 9.06. The van der Waals surface area contributed by atoms with E-state index in [0.717, 1.165) is 17.8 Å². The highest BCUT2D eigenvalue weighted by Crippen LogP contribution is 2.34. The molecule has 1 aliphatic heterocycles. The van der Waals surface area contributed by atoms with Gasteiger partial charge >= 0.3 is 16.4 Å². The Labute approximate surface area is 161 Å². The van der Waals surface area contributed by atoms with Crippen LogP contribution in [-0.4, -0.2) is 72.4 Å². The molecule has 16 heteroatoms. The molecule has 0 aliphatic carbocycles. The van der Waals surface area contributed by atoms with Gasteiger partial charge in [-0.2, -0.15) is 36.1 Å². The van der Waals surface area contributed by atoms with Gasteiger partial charge in [-0.1, -0.05) is 0 Å². The number of ether oxygens (including phenoxy) is 3. The van der Waals surface area contributed by atoms with Crippen molar-refractivity contribution in [3.63, 3.8) is 0 Å². The predicted octanol–water partition coefficient (Wildman–Crippen LogP) is 0.561. The molecule has 29 heavy (non-hydrogen) atoms. The molecule has 2 aromatic rings. The molecule has 0 spiro atoms. The second kappa shape index (κ2) is 7.36. The van der Waals surface area contributed by atoms with Crippen molar-refractivity contribution in [2.24, 2.45) is 4.99 Å². The van der Waals surface area contributed by atoms with Gasteiger partial charge in [0.05, 0.1) is 20.3 Å². The number of rotatable bonds is 6. The number of methoxy groups -OCH3 is 3. The Kier molecular flexibility index (Phi) is 5.22. The Morgan fingerprint density at radius 2 is 1.90 bits per heavy atom. The predicted molar refractivity (Wildman–Crippen MR) is 91.7 cm³/mol. The summed E-state index contributed by atoms with van der Waals surface area (Å²) < 4.78 is 83.0. The minimum Gasteiger partial charge on any atom is -0.481 e. The van der Waals surface area contributed by atoms with Crippen molar-refractivity contribution in [1.29, 1.82) is 0 Å². The van der Waals surface area contributed by atoms with Crippen molar-refractivity contribution in [2.75, 3.05) is 26.1 Å². The zero-order chi connectivity index (χ0) is 21.4. The molecular formula is C13H14F3N7O5S. The van der Waals surface area contributed by atoms with Crippen LogP contribution in [0, 0.1) is 0 Å². The van der Waals surface area contributed by atoms with Gasteiger partial charge in [-0.15, -0.1) is 5.10 Å². The third-order valence-corrected chi connectivity index (χ3v) is 4.87. The molecule has 12 nitrogen and oxygen atoms in total. The highest BCUT2D eigenvalue weighted by atomic mass is 32.2. The number of aromatic nitrogens is 4. The van der Waals surface area contributed by atoms with Gasteiger partial charge in [0.25, 0.3) is 11.7 Å². The van der Waals surface area contributed by atoms with Crippen LogP contribution in [0.25, 0.3) is 5.78 Å². The smallest absolute Gasteiger partial charge is 0.432 e. The summed E-state index contributed by atoms with van der Waals surface area (Å²) in [5, 5.41) is 3.84. The zero-order valence-corrected chi connectivity index (χ0v) is 15.9. The maximum absolute atomic E-state index is 13.3. The number of halogens is 3. The highest BCUT2D eigenvalue weighted by Gasteiger charge is 2.47. The van der Waals surface area contributed by atoms with E-state index in [1.54, 1.807) is 0 Å². The molecule has 1 N–H and O–H groups in total. The van der Waals surface area contributed by atoms with Crippen LogP contribution in [0.5, 0.6) is 11.8 Å². The average Bonchev–Trinajstić information content (AvgIpc) is 3.07. The fourth-order valence-electron chi connectivity index (χ4n) is 2.34. The summed E-state index contributed by atoms with van der Waals surface area (Å²) in [6.45, 7) is 0. The van der Waals surface area contributed by atoms with Gasteiger partial charge < -0.3 is 14.2 Å². The molecule has 1 unspecified atom stereocenters. The van der Waals surface area contributed by atoms with Gasteiger partial charge in [0.1, 0.15) is 5.70 Å². The molecule has 0 aromatic carbocycles. The molecule has 0 fully saturated rings. The molecule has 0 bridgehead atoms. The Bertz CT molecular complexity index is 1080. The summed E-state index contributed by atoms with van der Waals surface area (Å²) in [6, 6.07) is 1.35. The van der Waals surface area contributed by atoms with Crippen molar-refractivity contribution >= 4 is 28.1 Å². The second-order valence-electron chi connectivity index (χ2n) is 5.30. The van der Waals surface area contributed by atoms with Gasteiger partial charge in [-0.25, -0.2) is 14.0 Å². The highest BCUT2D eigenvalue weighted by molar-refractivity contribution is 7.90. The summed E-state index contributed by atoms with van der Waals surface area (Å²) >= 11 is 0. The summed E-state index contributed by atoms with van der Waals surface area (Å²) in [4.78, 5) is 11.4. The van der Waals surface area contributed by atoms with E-state index in [9.17, 15) is 21.6 Å². The second-order valence-corrected chi connectivity index (χ2v) is 6.85. The number of nitrogens with zero attached hydrogens (tertiary/aromatic N) is 6. The van der Waals surface area contributed by atoms with Crippen LogP contribution in [-0.2, 0) is 14.9 Å². The van der Waals surface area contributed by atoms with Crippen molar-refractivity contribution in [2.45, 2.75) is 12.5 Å². The molecule has 3 rings (SSSR count). The maximum Gasteiger partial charge on any atom is 0.432 e. The molecule has 3 heterocycles. The zero-order valence-electron chi connectivity index (χ0n) is 15.1. The fraction of sp³-hybridized carbons (Fsp3) is 0.385. The minimum atomic E-state index is -5.00. The average molecular weight is 437 g/mol. The van der Waals surface area contributed by atoms with Crippen LogP contribution in [0.1, 0.15) is 0 Å². The van der Waals surface area contributed by atoms with Crippen molar-refractivity contribution < 1.29 is 35.8 Å². The molecule has 2 aromatic heterocycles. The summed E-state index contributed by atoms with van der Waals surface area (Å²) in [6.07, 6.45) is -5.48. The molecule has 0 saturated heterocycles. The number of allylic oxidation sites excluding steroid dienone is 2. The van der Waals surface area contributed by atoms with Crippen LogP contribution in [0.3, 0.4) is 0 Å². The molecular weight excluding hydrogens is 423 g/mol. The van der Waals surface area contributed by atoms with Crippen molar-refractivity contribution in [1.82, 2.24) is 23.9 Å². The van der Waals surface area contributed by atoms with Crippen LogP contribution in [0.4, 0.5) is 19.1 Å². The lowest BCUT2D eigenvalue weighted by molar-refractivity contribution is -0.117. The molecule has 158 valence electrons. The van der Waals surface area contributed by atoms with Gasteiger partial charge in [0.15, 0.2) is 0 Å². The monoisotopic (exact) mass is 437 g/mol. The Hall–Kier alpha value is -3.14. The topological polar surface area (TPSA) is 133 Å². The summed E-state index contributed by atoms with van der Waals surface area (Å²) in [5.74, 6) is -0.485. The van der Waals surface area contributed by atoms with Crippen LogP contribution in [0.15, 0.2) is 22.8 Å². The first kappa shape index (κ1) is 20.6. The number of anilines is 1. The van der Waals surface area contributed by atoms with Gasteiger partial charge in [-0.3, -0.25) is 0 Å². The first-order chi connectivity index (χ1) is 13.6. The minimum absolute atomic E-state index is 0.0655. The quantitative estimate of drug-likeness (QED) is 0.693. The molecule has 0 radical (unpaired) electrons. The van der Waals surface area contributed by atoms with Gasteiger partial charge in [0, 0.05) is 13.3 Å². The summed E-state index contributed by atoms with van der Waals surface area (Å²) in [7, 11) is -1.23. The Morgan fingerprint density at radius 3 is 2.48 bits per heavy atom. The molecule has 1 atom stereocenters. The number of hydrogen-bond donors (Lipinski definition) is 1. The molecule has 0 amide bonds. The van der Waals surface area contributed by atoms with E-state index in [1.807, 2.05) is 4.72 Å².